The molecule has 0 unspecified atom stereocenters. The summed E-state index contributed by atoms with van der Waals surface area (Å²) in [7, 11) is 2.01. The summed E-state index contributed by atoms with van der Waals surface area (Å²) in [5.41, 5.74) is 8.80. The zero-order chi connectivity index (χ0) is 13.8. The second-order valence-electron chi connectivity index (χ2n) is 4.24. The highest BCUT2D eigenvalue weighted by molar-refractivity contribution is 9.10. The number of hydrogen-bond donors (Lipinski definition) is 1. The smallest absolute Gasteiger partial charge is 0.106 e. The zero-order valence-electron chi connectivity index (χ0n) is 10.5. The number of pyridine rings is 1. The lowest BCUT2D eigenvalue weighted by atomic mass is 10.1. The Labute approximate surface area is 126 Å². The molecule has 1 aromatic carbocycles. The summed E-state index contributed by atoms with van der Waals surface area (Å²) < 4.78 is 1.00. The Morgan fingerprint density at radius 3 is 2.84 bits per heavy atom. The van der Waals surface area contributed by atoms with Gasteiger partial charge in [-0.3, -0.25) is 4.98 Å². The van der Waals surface area contributed by atoms with E-state index in [9.17, 15) is 0 Å². The van der Waals surface area contributed by atoms with Gasteiger partial charge in [0.15, 0.2) is 0 Å². The van der Waals surface area contributed by atoms with Gasteiger partial charge in [0, 0.05) is 41.7 Å². The molecule has 0 radical (unpaired) electrons. The molecule has 0 fully saturated rings. The minimum Gasteiger partial charge on any atom is -0.389 e. The molecular weight excluding hydrogens is 322 g/mol. The fourth-order valence-electron chi connectivity index (χ4n) is 1.88. The molecule has 1 aromatic heterocycles. The Balaban J connectivity index is 2.30. The normalized spacial score (nSPS) is 10.2. The quantitative estimate of drug-likeness (QED) is 0.871. The first-order valence-electron chi connectivity index (χ1n) is 5.77. The van der Waals surface area contributed by atoms with E-state index >= 15 is 0 Å². The molecule has 0 saturated heterocycles. The van der Waals surface area contributed by atoms with Gasteiger partial charge < -0.3 is 10.6 Å². The lowest BCUT2D eigenvalue weighted by Crippen LogP contribution is -2.21. The topological polar surface area (TPSA) is 42.2 Å². The Kier molecular flexibility index (Phi) is 4.50. The molecule has 5 heteroatoms. The summed E-state index contributed by atoms with van der Waals surface area (Å²) in [5.74, 6) is 0. The molecule has 0 amide bonds. The maximum absolute atomic E-state index is 5.77. The highest BCUT2D eigenvalue weighted by Gasteiger charge is 2.10. The Hall–Kier alpha value is -1.46. The number of hydrogen-bond acceptors (Lipinski definition) is 3. The second-order valence-corrected chi connectivity index (χ2v) is 5.60. The summed E-state index contributed by atoms with van der Waals surface area (Å²) in [5, 5.41) is 0. The summed E-state index contributed by atoms with van der Waals surface area (Å²) in [6.07, 6.45) is 3.62. The largest absolute Gasteiger partial charge is 0.389 e. The van der Waals surface area contributed by atoms with Gasteiger partial charge >= 0.3 is 0 Å². The van der Waals surface area contributed by atoms with Crippen LogP contribution in [0.5, 0.6) is 0 Å². The second kappa shape index (κ2) is 6.12. The molecule has 0 aliphatic rings. The van der Waals surface area contributed by atoms with Crippen LogP contribution in [0.15, 0.2) is 47.2 Å². The van der Waals surface area contributed by atoms with Crippen LogP contribution in [0.1, 0.15) is 11.1 Å². The van der Waals surface area contributed by atoms with E-state index in [4.69, 9.17) is 18.0 Å². The van der Waals surface area contributed by atoms with Gasteiger partial charge in [0.05, 0.1) is 0 Å². The zero-order valence-corrected chi connectivity index (χ0v) is 12.9. The van der Waals surface area contributed by atoms with Crippen LogP contribution in [-0.4, -0.2) is 17.0 Å². The Bertz CT molecular complexity index is 586. The molecule has 0 atom stereocenters. The number of nitrogens with two attached hydrogens (primary N) is 1. The van der Waals surface area contributed by atoms with Crippen molar-refractivity contribution < 1.29 is 0 Å². The molecule has 3 nitrogen and oxygen atoms in total. The van der Waals surface area contributed by atoms with Crippen LogP contribution in [0.3, 0.4) is 0 Å². The molecule has 0 aliphatic heterocycles. The van der Waals surface area contributed by atoms with Crippen molar-refractivity contribution in [3.05, 3.63) is 58.3 Å². The Morgan fingerprint density at radius 2 is 2.21 bits per heavy atom. The van der Waals surface area contributed by atoms with Gasteiger partial charge in [0.25, 0.3) is 0 Å². The number of aromatic nitrogens is 1. The SMILES string of the molecule is CN(Cc1cccnc1)c1cc(Br)ccc1C(N)=S. The van der Waals surface area contributed by atoms with Gasteiger partial charge in [-0.2, -0.15) is 0 Å². The van der Waals surface area contributed by atoms with Gasteiger partial charge in [-0.1, -0.05) is 34.2 Å². The number of halogens is 1. The molecular formula is C14H14BrN3S. The summed E-state index contributed by atoms with van der Waals surface area (Å²) >= 11 is 8.58. The van der Waals surface area contributed by atoms with Crippen molar-refractivity contribution in [1.29, 1.82) is 0 Å². The fraction of sp³-hybridized carbons (Fsp3) is 0.143. The summed E-state index contributed by atoms with van der Waals surface area (Å²) in [4.78, 5) is 6.63. The lowest BCUT2D eigenvalue weighted by molar-refractivity contribution is 0.913. The third-order valence-electron chi connectivity index (χ3n) is 2.78. The number of rotatable bonds is 4. The first kappa shape index (κ1) is 14.0. The van der Waals surface area contributed by atoms with E-state index in [1.807, 2.05) is 43.6 Å². The molecule has 0 saturated carbocycles. The standard InChI is InChI=1S/C14H14BrN3S/c1-18(9-10-3-2-6-17-8-10)13-7-11(15)4-5-12(13)14(16)19/h2-8H,9H2,1H3,(H2,16,19). The van der Waals surface area contributed by atoms with E-state index in [0.717, 1.165) is 27.8 Å². The Morgan fingerprint density at radius 1 is 1.42 bits per heavy atom. The van der Waals surface area contributed by atoms with Gasteiger partial charge in [-0.15, -0.1) is 0 Å². The molecule has 2 aromatic rings. The molecule has 19 heavy (non-hydrogen) atoms. The van der Waals surface area contributed by atoms with Crippen LogP contribution in [0.25, 0.3) is 0 Å². The van der Waals surface area contributed by atoms with Crippen molar-refractivity contribution in [3.63, 3.8) is 0 Å². The monoisotopic (exact) mass is 335 g/mol. The van der Waals surface area contributed by atoms with E-state index in [2.05, 4.69) is 25.8 Å². The minimum atomic E-state index is 0.403. The van der Waals surface area contributed by atoms with Crippen LogP contribution in [0.2, 0.25) is 0 Å². The van der Waals surface area contributed by atoms with Crippen molar-refractivity contribution in [2.45, 2.75) is 6.54 Å². The van der Waals surface area contributed by atoms with Crippen LogP contribution < -0.4 is 10.6 Å². The summed E-state index contributed by atoms with van der Waals surface area (Å²) in [6.45, 7) is 0.750. The third-order valence-corrected chi connectivity index (χ3v) is 3.49. The fourth-order valence-corrected chi connectivity index (χ4v) is 2.40. The van der Waals surface area contributed by atoms with Crippen molar-refractivity contribution in [2.24, 2.45) is 5.73 Å². The molecule has 1 heterocycles. The highest BCUT2D eigenvalue weighted by Crippen LogP contribution is 2.25. The number of thiocarbonyl (C=S) groups is 1. The van der Waals surface area contributed by atoms with E-state index in [1.165, 1.54) is 0 Å². The van der Waals surface area contributed by atoms with E-state index in [0.29, 0.717) is 4.99 Å². The number of nitrogens with zero attached hydrogens (tertiary/aromatic N) is 2. The third kappa shape index (κ3) is 3.52. The van der Waals surface area contributed by atoms with Gasteiger partial charge in [-0.05, 0) is 29.8 Å². The van der Waals surface area contributed by atoms with Crippen LogP contribution in [-0.2, 0) is 6.54 Å². The predicted molar refractivity (Wildman–Crippen MR) is 86.4 cm³/mol. The molecule has 2 N–H and O–H groups in total. The van der Waals surface area contributed by atoms with Crippen molar-refractivity contribution in [1.82, 2.24) is 4.98 Å². The molecule has 2 rings (SSSR count). The first-order valence-corrected chi connectivity index (χ1v) is 6.97. The van der Waals surface area contributed by atoms with Gasteiger partial charge in [0.2, 0.25) is 0 Å². The van der Waals surface area contributed by atoms with Gasteiger partial charge in [0.1, 0.15) is 4.99 Å². The predicted octanol–water partition coefficient (Wildman–Crippen LogP) is 3.11. The van der Waals surface area contributed by atoms with E-state index < -0.39 is 0 Å². The maximum atomic E-state index is 5.77. The minimum absolute atomic E-state index is 0.403. The van der Waals surface area contributed by atoms with Crippen LogP contribution >= 0.6 is 28.1 Å². The van der Waals surface area contributed by atoms with Crippen LogP contribution in [0, 0.1) is 0 Å². The average Bonchev–Trinajstić information content (AvgIpc) is 2.39. The molecule has 98 valence electrons. The van der Waals surface area contributed by atoms with Crippen molar-refractivity contribution >= 4 is 38.8 Å². The number of anilines is 1. The van der Waals surface area contributed by atoms with E-state index in [1.54, 1.807) is 6.20 Å². The molecule has 0 spiro atoms. The van der Waals surface area contributed by atoms with Crippen molar-refractivity contribution in [3.8, 4) is 0 Å². The molecule has 0 bridgehead atoms. The highest BCUT2D eigenvalue weighted by atomic mass is 79.9. The first-order chi connectivity index (χ1) is 9.08. The lowest BCUT2D eigenvalue weighted by Gasteiger charge is -2.22. The van der Waals surface area contributed by atoms with Crippen LogP contribution in [0.4, 0.5) is 5.69 Å². The number of benzene rings is 1. The molecule has 0 aliphatic carbocycles. The maximum Gasteiger partial charge on any atom is 0.106 e. The van der Waals surface area contributed by atoms with Gasteiger partial charge in [-0.25, -0.2) is 0 Å². The average molecular weight is 336 g/mol. The van der Waals surface area contributed by atoms with E-state index in [-0.39, 0.29) is 0 Å². The van der Waals surface area contributed by atoms with Crippen molar-refractivity contribution in [2.75, 3.05) is 11.9 Å². The summed E-state index contributed by atoms with van der Waals surface area (Å²) in [6, 6.07) is 9.86.